The second-order valence-corrected chi connectivity index (χ2v) is 3.81. The van der Waals surface area contributed by atoms with Gasteiger partial charge < -0.3 is 4.74 Å². The molecule has 0 saturated heterocycles. The van der Waals surface area contributed by atoms with Crippen molar-refractivity contribution in [3.05, 3.63) is 26.0 Å². The maximum Gasteiger partial charge on any atom is 0.340 e. The molecule has 0 N–H and O–H groups in total. The second kappa shape index (κ2) is 4.23. The van der Waals surface area contributed by atoms with E-state index in [1.165, 1.54) is 7.11 Å². The summed E-state index contributed by atoms with van der Waals surface area (Å²) in [6, 6.07) is 1.67. The second-order valence-electron chi connectivity index (χ2n) is 2.43. The maximum absolute atomic E-state index is 11.2. The van der Waals surface area contributed by atoms with Crippen LogP contribution in [-0.4, -0.2) is 18.1 Å². The summed E-state index contributed by atoms with van der Waals surface area (Å²) in [5.41, 5.74) is 1.22. The van der Waals surface area contributed by atoms with Crippen LogP contribution in [-0.2, 0) is 4.74 Å². The highest BCUT2D eigenvalue weighted by Gasteiger charge is 2.13. The number of nitrogens with zero attached hydrogens (tertiary/aromatic N) is 1. The highest BCUT2D eigenvalue weighted by Crippen LogP contribution is 2.18. The molecule has 1 aromatic rings. The van der Waals surface area contributed by atoms with Gasteiger partial charge in [0.25, 0.3) is 0 Å². The van der Waals surface area contributed by atoms with Gasteiger partial charge in [-0.1, -0.05) is 11.6 Å². The molecule has 0 aliphatic heterocycles. The molecule has 0 bridgehead atoms. The molecule has 1 aromatic heterocycles. The monoisotopic (exact) mass is 311 g/mol. The van der Waals surface area contributed by atoms with E-state index in [9.17, 15) is 4.79 Å². The number of halogens is 2. The van der Waals surface area contributed by atoms with Gasteiger partial charge in [0.1, 0.15) is 8.85 Å². The summed E-state index contributed by atoms with van der Waals surface area (Å²) in [5, 5.41) is 0.414. The fraction of sp³-hybridized carbons (Fsp3) is 0.250. The average molecular weight is 312 g/mol. The Kier molecular flexibility index (Phi) is 3.49. The third-order valence-electron chi connectivity index (χ3n) is 1.51. The molecule has 1 rings (SSSR count). The minimum absolute atomic E-state index is 0.392. The average Bonchev–Trinajstić information content (AvgIpc) is 2.10. The van der Waals surface area contributed by atoms with Crippen LogP contribution in [0.15, 0.2) is 6.07 Å². The largest absolute Gasteiger partial charge is 0.465 e. The number of carbonyl (C=O) groups excluding carboxylic acids is 1. The van der Waals surface area contributed by atoms with E-state index in [1.54, 1.807) is 13.0 Å². The number of hydrogen-bond donors (Lipinski definition) is 0. The highest BCUT2D eigenvalue weighted by molar-refractivity contribution is 14.1. The number of aromatic nitrogens is 1. The lowest BCUT2D eigenvalue weighted by Crippen LogP contribution is -2.06. The van der Waals surface area contributed by atoms with Crippen molar-refractivity contribution in [2.24, 2.45) is 0 Å². The molecule has 1 heterocycles. The van der Waals surface area contributed by atoms with Crippen LogP contribution in [0.25, 0.3) is 0 Å². The number of esters is 1. The van der Waals surface area contributed by atoms with E-state index >= 15 is 0 Å². The Morgan fingerprint density at radius 1 is 1.69 bits per heavy atom. The zero-order chi connectivity index (χ0) is 10.0. The van der Waals surface area contributed by atoms with Gasteiger partial charge in [0.15, 0.2) is 0 Å². The van der Waals surface area contributed by atoms with Crippen molar-refractivity contribution in [1.29, 1.82) is 0 Å². The zero-order valence-corrected chi connectivity index (χ0v) is 10.0. The first-order valence-electron chi connectivity index (χ1n) is 3.47. The van der Waals surface area contributed by atoms with Crippen LogP contribution in [0.1, 0.15) is 15.9 Å². The van der Waals surface area contributed by atoms with Gasteiger partial charge in [0.2, 0.25) is 0 Å². The minimum Gasteiger partial charge on any atom is -0.465 e. The van der Waals surface area contributed by atoms with E-state index in [-0.39, 0.29) is 0 Å². The molecule has 0 radical (unpaired) electrons. The molecule has 0 unspecified atom stereocenters. The molecule has 5 heteroatoms. The van der Waals surface area contributed by atoms with Crippen molar-refractivity contribution in [2.75, 3.05) is 7.11 Å². The lowest BCUT2D eigenvalue weighted by Gasteiger charge is -2.04. The number of rotatable bonds is 1. The number of pyridine rings is 1. The first-order chi connectivity index (χ1) is 6.06. The van der Waals surface area contributed by atoms with Gasteiger partial charge in [0, 0.05) is 0 Å². The summed E-state index contributed by atoms with van der Waals surface area (Å²) in [4.78, 5) is 15.2. The first kappa shape index (κ1) is 10.7. The zero-order valence-electron chi connectivity index (χ0n) is 7.10. The molecule has 13 heavy (non-hydrogen) atoms. The molecular weight excluding hydrogens is 304 g/mol. The lowest BCUT2D eigenvalue weighted by molar-refractivity contribution is 0.0599. The third kappa shape index (κ3) is 2.31. The van der Waals surface area contributed by atoms with E-state index in [0.29, 0.717) is 14.4 Å². The molecule has 0 atom stereocenters. The van der Waals surface area contributed by atoms with Gasteiger partial charge in [-0.3, -0.25) is 0 Å². The molecule has 0 aliphatic rings. The van der Waals surface area contributed by atoms with Gasteiger partial charge in [0.05, 0.1) is 12.7 Å². The Bertz CT molecular complexity index is 354. The van der Waals surface area contributed by atoms with Gasteiger partial charge in [-0.15, -0.1) is 0 Å². The summed E-state index contributed by atoms with van der Waals surface area (Å²) in [6.07, 6.45) is 0. The maximum atomic E-state index is 11.2. The summed E-state index contributed by atoms with van der Waals surface area (Å²) in [7, 11) is 1.34. The predicted octanol–water partition coefficient (Wildman–Crippen LogP) is 2.43. The number of methoxy groups -OCH3 is 1. The van der Waals surface area contributed by atoms with Crippen LogP contribution in [0.4, 0.5) is 0 Å². The van der Waals surface area contributed by atoms with Crippen LogP contribution in [0.3, 0.4) is 0 Å². The topological polar surface area (TPSA) is 39.2 Å². The summed E-state index contributed by atoms with van der Waals surface area (Å²) >= 11 is 7.71. The Hall–Kier alpha value is -0.360. The molecule has 0 aromatic carbocycles. The van der Waals surface area contributed by atoms with Crippen molar-refractivity contribution >= 4 is 40.2 Å². The molecule has 0 spiro atoms. The number of ether oxygens (including phenoxy) is 1. The Balaban J connectivity index is 3.23. The standard InChI is InChI=1S/C8H7ClINO2/c1-4-3-5(8(12)13-2)7(10)11-6(4)9/h3H,1-2H3. The van der Waals surface area contributed by atoms with Crippen molar-refractivity contribution in [3.63, 3.8) is 0 Å². The van der Waals surface area contributed by atoms with Crippen molar-refractivity contribution < 1.29 is 9.53 Å². The van der Waals surface area contributed by atoms with E-state index in [1.807, 2.05) is 22.6 Å². The van der Waals surface area contributed by atoms with Crippen LogP contribution in [0.5, 0.6) is 0 Å². The van der Waals surface area contributed by atoms with Gasteiger partial charge in [-0.2, -0.15) is 0 Å². The summed E-state index contributed by atoms with van der Waals surface area (Å²) in [6.45, 7) is 1.79. The lowest BCUT2D eigenvalue weighted by atomic mass is 10.2. The predicted molar refractivity (Wildman–Crippen MR) is 58.0 cm³/mol. The van der Waals surface area contributed by atoms with Crippen LogP contribution in [0, 0.1) is 10.6 Å². The van der Waals surface area contributed by atoms with Gasteiger partial charge in [-0.05, 0) is 41.1 Å². The van der Waals surface area contributed by atoms with Crippen molar-refractivity contribution in [1.82, 2.24) is 4.98 Å². The summed E-state index contributed by atoms with van der Waals surface area (Å²) < 4.78 is 5.14. The fourth-order valence-corrected chi connectivity index (χ4v) is 1.72. The van der Waals surface area contributed by atoms with Gasteiger partial charge >= 0.3 is 5.97 Å². The van der Waals surface area contributed by atoms with Crippen molar-refractivity contribution in [3.8, 4) is 0 Å². The third-order valence-corrected chi connectivity index (χ3v) is 2.72. The smallest absolute Gasteiger partial charge is 0.340 e. The molecule has 0 amide bonds. The van der Waals surface area contributed by atoms with Gasteiger partial charge in [-0.25, -0.2) is 9.78 Å². The minimum atomic E-state index is -0.392. The Morgan fingerprint density at radius 2 is 2.31 bits per heavy atom. The normalized spacial score (nSPS) is 9.85. The SMILES string of the molecule is COC(=O)c1cc(C)c(Cl)nc1I. The number of hydrogen-bond acceptors (Lipinski definition) is 3. The van der Waals surface area contributed by atoms with E-state index in [4.69, 9.17) is 11.6 Å². The summed E-state index contributed by atoms with van der Waals surface area (Å²) in [5.74, 6) is -0.392. The van der Waals surface area contributed by atoms with Crippen LogP contribution in [0.2, 0.25) is 5.15 Å². The highest BCUT2D eigenvalue weighted by atomic mass is 127. The first-order valence-corrected chi connectivity index (χ1v) is 4.93. The van der Waals surface area contributed by atoms with Crippen LogP contribution < -0.4 is 0 Å². The number of carbonyl (C=O) groups is 1. The fourth-order valence-electron chi connectivity index (χ4n) is 0.823. The van der Waals surface area contributed by atoms with E-state index in [2.05, 4.69) is 9.72 Å². The molecule has 3 nitrogen and oxygen atoms in total. The molecule has 0 saturated carbocycles. The molecule has 70 valence electrons. The van der Waals surface area contributed by atoms with E-state index in [0.717, 1.165) is 5.56 Å². The van der Waals surface area contributed by atoms with Crippen LogP contribution >= 0.6 is 34.2 Å². The quantitative estimate of drug-likeness (QED) is 0.454. The number of aryl methyl sites for hydroxylation is 1. The molecular formula is C8H7ClINO2. The van der Waals surface area contributed by atoms with Crippen molar-refractivity contribution in [2.45, 2.75) is 6.92 Å². The molecule has 0 fully saturated rings. The Morgan fingerprint density at radius 3 is 2.85 bits per heavy atom. The Labute approximate surface area is 94.6 Å². The van der Waals surface area contributed by atoms with E-state index < -0.39 is 5.97 Å². The molecule has 0 aliphatic carbocycles.